The van der Waals surface area contributed by atoms with Gasteiger partial charge in [-0.2, -0.15) is 0 Å². The molecule has 0 aromatic heterocycles. The first-order valence-corrected chi connectivity index (χ1v) is 7.67. The van der Waals surface area contributed by atoms with Crippen molar-refractivity contribution in [3.05, 3.63) is 64.7 Å². The van der Waals surface area contributed by atoms with Crippen molar-refractivity contribution in [3.8, 4) is 0 Å². The number of carbonyl (C=O) groups is 3. The Morgan fingerprint density at radius 3 is 2.38 bits per heavy atom. The maximum atomic E-state index is 12.3. The molecule has 0 heterocycles. The number of aryl methyl sites for hydroxylation is 2. The number of primary amides is 1. The average Bonchev–Trinajstić information content (AvgIpc) is 2.55. The van der Waals surface area contributed by atoms with E-state index in [1.807, 2.05) is 32.0 Å². The number of benzene rings is 2. The Balaban J connectivity index is 2.00. The zero-order valence-corrected chi connectivity index (χ0v) is 13.8. The highest BCUT2D eigenvalue weighted by Crippen LogP contribution is 2.16. The Labute approximate surface area is 140 Å². The third-order valence-electron chi connectivity index (χ3n) is 3.74. The number of rotatable bonds is 6. The molecular formula is C19H20N2O3. The molecule has 0 aliphatic carbocycles. The summed E-state index contributed by atoms with van der Waals surface area (Å²) in [5.74, 6) is -1.02. The van der Waals surface area contributed by atoms with Gasteiger partial charge >= 0.3 is 0 Å². The molecule has 0 saturated heterocycles. The molecule has 0 unspecified atom stereocenters. The van der Waals surface area contributed by atoms with Crippen LogP contribution in [0.2, 0.25) is 0 Å². The second-order valence-electron chi connectivity index (χ2n) is 5.70. The highest BCUT2D eigenvalue weighted by Gasteiger charge is 2.14. The zero-order chi connectivity index (χ0) is 17.7. The summed E-state index contributed by atoms with van der Waals surface area (Å²) in [4.78, 5) is 35.7. The van der Waals surface area contributed by atoms with Crippen LogP contribution in [0.15, 0.2) is 42.5 Å². The minimum absolute atomic E-state index is 0.0410. The SMILES string of the molecule is Cc1ccc(C)c(C(=O)CCC(=O)Nc2ccccc2C(N)=O)c1. The number of ketones is 1. The lowest BCUT2D eigenvalue weighted by atomic mass is 9.99. The number of amides is 2. The largest absolute Gasteiger partial charge is 0.366 e. The van der Waals surface area contributed by atoms with Crippen LogP contribution in [0, 0.1) is 13.8 Å². The van der Waals surface area contributed by atoms with E-state index >= 15 is 0 Å². The molecule has 124 valence electrons. The van der Waals surface area contributed by atoms with E-state index < -0.39 is 5.91 Å². The zero-order valence-electron chi connectivity index (χ0n) is 13.8. The normalized spacial score (nSPS) is 10.2. The Hall–Kier alpha value is -2.95. The third-order valence-corrected chi connectivity index (χ3v) is 3.74. The van der Waals surface area contributed by atoms with Gasteiger partial charge in [0.15, 0.2) is 5.78 Å². The van der Waals surface area contributed by atoms with Crippen LogP contribution in [0.25, 0.3) is 0 Å². The second kappa shape index (κ2) is 7.55. The Bertz CT molecular complexity index is 797. The molecule has 5 nitrogen and oxygen atoms in total. The molecule has 2 rings (SSSR count). The van der Waals surface area contributed by atoms with Gasteiger partial charge in [-0.05, 0) is 37.6 Å². The van der Waals surface area contributed by atoms with Crippen molar-refractivity contribution in [2.24, 2.45) is 5.73 Å². The number of nitrogens with one attached hydrogen (secondary N) is 1. The molecule has 5 heteroatoms. The maximum absolute atomic E-state index is 12.3. The number of carbonyl (C=O) groups excluding carboxylic acids is 3. The summed E-state index contributed by atoms with van der Waals surface area (Å²) in [7, 11) is 0. The van der Waals surface area contributed by atoms with Gasteiger partial charge in [-0.3, -0.25) is 14.4 Å². The molecule has 0 fully saturated rings. The lowest BCUT2D eigenvalue weighted by Gasteiger charge is -2.09. The summed E-state index contributed by atoms with van der Waals surface area (Å²) in [5.41, 5.74) is 8.41. The van der Waals surface area contributed by atoms with Crippen LogP contribution in [0.4, 0.5) is 5.69 Å². The van der Waals surface area contributed by atoms with Crippen molar-refractivity contribution in [1.82, 2.24) is 0 Å². The molecular weight excluding hydrogens is 304 g/mol. The van der Waals surface area contributed by atoms with Gasteiger partial charge in [0.05, 0.1) is 11.3 Å². The molecule has 2 aromatic rings. The molecule has 2 amide bonds. The lowest BCUT2D eigenvalue weighted by Crippen LogP contribution is -2.18. The van der Waals surface area contributed by atoms with Crippen molar-refractivity contribution in [3.63, 3.8) is 0 Å². The van der Waals surface area contributed by atoms with Crippen LogP contribution >= 0.6 is 0 Å². The summed E-state index contributed by atoms with van der Waals surface area (Å²) in [6, 6.07) is 12.2. The van der Waals surface area contributed by atoms with Crippen LogP contribution < -0.4 is 11.1 Å². The standard InChI is InChI=1S/C19H20N2O3/c1-12-7-8-13(2)15(11-12)17(22)9-10-18(23)21-16-6-4-3-5-14(16)19(20)24/h3-8,11H,9-10H2,1-2H3,(H2,20,24)(H,21,23). The van der Waals surface area contributed by atoms with Crippen LogP contribution in [-0.2, 0) is 4.79 Å². The summed E-state index contributed by atoms with van der Waals surface area (Å²) >= 11 is 0. The number of para-hydroxylation sites is 1. The van der Waals surface area contributed by atoms with Gasteiger partial charge in [0.25, 0.3) is 5.91 Å². The average molecular weight is 324 g/mol. The first-order valence-electron chi connectivity index (χ1n) is 7.67. The lowest BCUT2D eigenvalue weighted by molar-refractivity contribution is -0.116. The number of hydrogen-bond donors (Lipinski definition) is 2. The Morgan fingerprint density at radius 2 is 1.67 bits per heavy atom. The number of anilines is 1. The minimum Gasteiger partial charge on any atom is -0.366 e. The van der Waals surface area contributed by atoms with Gasteiger partial charge in [0.1, 0.15) is 0 Å². The highest BCUT2D eigenvalue weighted by atomic mass is 16.2. The second-order valence-corrected chi connectivity index (χ2v) is 5.70. The molecule has 0 radical (unpaired) electrons. The maximum Gasteiger partial charge on any atom is 0.250 e. The van der Waals surface area contributed by atoms with E-state index in [1.54, 1.807) is 24.3 Å². The smallest absolute Gasteiger partial charge is 0.250 e. The minimum atomic E-state index is -0.614. The van der Waals surface area contributed by atoms with E-state index in [0.717, 1.165) is 11.1 Å². The van der Waals surface area contributed by atoms with E-state index in [0.29, 0.717) is 11.3 Å². The topological polar surface area (TPSA) is 89.3 Å². The first kappa shape index (κ1) is 17.4. The molecule has 0 saturated carbocycles. The fourth-order valence-electron chi connectivity index (χ4n) is 2.42. The molecule has 0 aliphatic rings. The van der Waals surface area contributed by atoms with Crippen molar-refractivity contribution in [2.45, 2.75) is 26.7 Å². The first-order chi connectivity index (χ1) is 11.4. The van der Waals surface area contributed by atoms with E-state index in [2.05, 4.69) is 5.32 Å². The van der Waals surface area contributed by atoms with E-state index in [9.17, 15) is 14.4 Å². The van der Waals surface area contributed by atoms with E-state index in [4.69, 9.17) is 5.73 Å². The van der Waals surface area contributed by atoms with Crippen molar-refractivity contribution < 1.29 is 14.4 Å². The van der Waals surface area contributed by atoms with Gasteiger partial charge < -0.3 is 11.1 Å². The highest BCUT2D eigenvalue weighted by molar-refractivity contribution is 6.04. The van der Waals surface area contributed by atoms with Crippen molar-refractivity contribution in [1.29, 1.82) is 0 Å². The van der Waals surface area contributed by atoms with Crippen molar-refractivity contribution in [2.75, 3.05) is 5.32 Å². The van der Waals surface area contributed by atoms with Gasteiger partial charge in [0, 0.05) is 18.4 Å². The number of nitrogens with two attached hydrogens (primary N) is 1. The molecule has 3 N–H and O–H groups in total. The van der Waals surface area contributed by atoms with Crippen LogP contribution in [0.5, 0.6) is 0 Å². The molecule has 2 aromatic carbocycles. The fourth-order valence-corrected chi connectivity index (χ4v) is 2.42. The number of hydrogen-bond acceptors (Lipinski definition) is 3. The molecule has 0 atom stereocenters. The molecule has 0 aliphatic heterocycles. The van der Waals surface area contributed by atoms with Crippen LogP contribution in [0.3, 0.4) is 0 Å². The summed E-state index contributed by atoms with van der Waals surface area (Å²) in [6.45, 7) is 3.79. The quantitative estimate of drug-likeness (QED) is 0.800. The van der Waals surface area contributed by atoms with Gasteiger partial charge in [0.2, 0.25) is 5.91 Å². The monoisotopic (exact) mass is 324 g/mol. The predicted octanol–water partition coefficient (Wildman–Crippen LogP) is 3.00. The van der Waals surface area contributed by atoms with Crippen LogP contribution in [-0.4, -0.2) is 17.6 Å². The predicted molar refractivity (Wildman–Crippen MR) is 93.1 cm³/mol. The fraction of sp³-hybridized carbons (Fsp3) is 0.211. The Morgan fingerprint density at radius 1 is 0.958 bits per heavy atom. The Kier molecular flexibility index (Phi) is 5.47. The summed E-state index contributed by atoms with van der Waals surface area (Å²) in [6.07, 6.45) is 0.147. The molecule has 24 heavy (non-hydrogen) atoms. The van der Waals surface area contributed by atoms with Gasteiger partial charge in [-0.1, -0.05) is 29.8 Å². The summed E-state index contributed by atoms with van der Waals surface area (Å²) < 4.78 is 0. The third kappa shape index (κ3) is 4.29. The van der Waals surface area contributed by atoms with E-state index in [-0.39, 0.29) is 30.1 Å². The van der Waals surface area contributed by atoms with Crippen LogP contribution in [0.1, 0.15) is 44.7 Å². The molecule has 0 spiro atoms. The molecule has 0 bridgehead atoms. The van der Waals surface area contributed by atoms with Gasteiger partial charge in [-0.15, -0.1) is 0 Å². The van der Waals surface area contributed by atoms with E-state index in [1.165, 1.54) is 0 Å². The van der Waals surface area contributed by atoms with Crippen molar-refractivity contribution >= 4 is 23.3 Å². The van der Waals surface area contributed by atoms with Gasteiger partial charge in [-0.25, -0.2) is 0 Å². The summed E-state index contributed by atoms with van der Waals surface area (Å²) in [5, 5.41) is 2.63. The number of Topliss-reactive ketones (excluding diaryl/α,β-unsaturated/α-hetero) is 1.